The number of amides is 1. The maximum atomic E-state index is 12.0. The minimum absolute atomic E-state index is 0.00257. The van der Waals surface area contributed by atoms with Crippen molar-refractivity contribution in [2.45, 2.75) is 6.92 Å². The van der Waals surface area contributed by atoms with Gasteiger partial charge in [0.05, 0.1) is 5.69 Å². The van der Waals surface area contributed by atoms with E-state index in [-0.39, 0.29) is 17.8 Å². The zero-order chi connectivity index (χ0) is 14.8. The number of hydrogen-bond acceptors (Lipinski definition) is 7. The van der Waals surface area contributed by atoms with Crippen LogP contribution in [-0.4, -0.2) is 25.7 Å². The zero-order valence-corrected chi connectivity index (χ0v) is 12.3. The number of carbonyl (C=O) groups is 1. The van der Waals surface area contributed by atoms with Crippen LogP contribution in [0.25, 0.3) is 11.5 Å². The molecule has 0 aliphatic carbocycles. The number of rotatable bonds is 3. The molecule has 2 heterocycles. The number of aromatic nitrogens is 4. The quantitative estimate of drug-likeness (QED) is 0.797. The van der Waals surface area contributed by atoms with Gasteiger partial charge in [-0.2, -0.15) is 0 Å². The molecule has 3 rings (SSSR count). The van der Waals surface area contributed by atoms with E-state index in [9.17, 15) is 4.79 Å². The van der Waals surface area contributed by atoms with Crippen LogP contribution in [0.3, 0.4) is 0 Å². The van der Waals surface area contributed by atoms with Gasteiger partial charge in [0, 0.05) is 10.6 Å². The number of nitrogens with zero attached hydrogens (tertiary/aromatic N) is 4. The molecule has 9 heteroatoms. The second-order valence-electron chi connectivity index (χ2n) is 4.06. The van der Waals surface area contributed by atoms with Gasteiger partial charge < -0.3 is 4.42 Å². The Balaban J connectivity index is 1.80. The van der Waals surface area contributed by atoms with E-state index in [1.165, 1.54) is 0 Å². The van der Waals surface area contributed by atoms with Gasteiger partial charge in [-0.15, -0.1) is 10.2 Å². The molecule has 0 radical (unpaired) electrons. The highest BCUT2D eigenvalue weighted by Gasteiger charge is 2.17. The van der Waals surface area contributed by atoms with Crippen molar-refractivity contribution in [1.29, 1.82) is 0 Å². The van der Waals surface area contributed by atoms with Crippen molar-refractivity contribution in [3.8, 4) is 11.5 Å². The lowest BCUT2D eigenvalue weighted by Gasteiger charge is -1.97. The first-order valence-electron chi connectivity index (χ1n) is 5.83. The smallest absolute Gasteiger partial charge is 0.322 e. The van der Waals surface area contributed by atoms with E-state index in [0.29, 0.717) is 21.2 Å². The number of hydrogen-bond donors (Lipinski definition) is 1. The molecule has 0 aliphatic heterocycles. The van der Waals surface area contributed by atoms with E-state index >= 15 is 0 Å². The second kappa shape index (κ2) is 5.58. The van der Waals surface area contributed by atoms with Gasteiger partial charge in [-0.05, 0) is 36.7 Å². The van der Waals surface area contributed by atoms with Gasteiger partial charge in [-0.1, -0.05) is 27.3 Å². The topological polar surface area (TPSA) is 93.8 Å². The molecule has 7 nitrogen and oxygen atoms in total. The summed E-state index contributed by atoms with van der Waals surface area (Å²) in [5.41, 5.74) is 1.22. The molecular weight excluding hydrogens is 314 g/mol. The Morgan fingerprint density at radius 1 is 1.33 bits per heavy atom. The SMILES string of the molecule is Cc1nnsc1C(=O)Nc1nnc(-c2cccc(Cl)c2)o1. The summed E-state index contributed by atoms with van der Waals surface area (Å²) in [6.45, 7) is 1.70. The summed E-state index contributed by atoms with van der Waals surface area (Å²) in [5, 5.41) is 14.5. The van der Waals surface area contributed by atoms with Crippen LogP contribution >= 0.6 is 23.1 Å². The standard InChI is InChI=1S/C12H8ClN5O2S/c1-6-9(21-18-15-6)10(19)14-12-17-16-11(20-12)7-3-2-4-8(13)5-7/h2-5H,1H3,(H,14,17,19). The van der Waals surface area contributed by atoms with Crippen LogP contribution in [0.1, 0.15) is 15.4 Å². The summed E-state index contributed by atoms with van der Waals surface area (Å²) in [6, 6.07) is 6.99. The molecule has 0 fully saturated rings. The fourth-order valence-corrected chi connectivity index (χ4v) is 2.35. The predicted octanol–water partition coefficient (Wildman–Crippen LogP) is 2.80. The largest absolute Gasteiger partial charge is 0.403 e. The van der Waals surface area contributed by atoms with Crippen molar-refractivity contribution in [2.24, 2.45) is 0 Å². The average molecular weight is 322 g/mol. The predicted molar refractivity (Wildman–Crippen MR) is 77.3 cm³/mol. The lowest BCUT2D eigenvalue weighted by molar-refractivity contribution is 0.102. The van der Waals surface area contributed by atoms with Crippen molar-refractivity contribution in [3.05, 3.63) is 39.9 Å². The van der Waals surface area contributed by atoms with E-state index in [1.807, 2.05) is 0 Å². The van der Waals surface area contributed by atoms with Crippen LogP contribution in [0.5, 0.6) is 0 Å². The normalized spacial score (nSPS) is 10.6. The molecular formula is C12H8ClN5O2S. The van der Waals surface area contributed by atoms with Crippen LogP contribution in [0.4, 0.5) is 6.01 Å². The third-order valence-electron chi connectivity index (χ3n) is 2.57. The van der Waals surface area contributed by atoms with Crippen LogP contribution in [-0.2, 0) is 0 Å². The highest BCUT2D eigenvalue weighted by atomic mass is 35.5. The maximum Gasteiger partial charge on any atom is 0.322 e. The molecule has 0 bridgehead atoms. The van der Waals surface area contributed by atoms with Gasteiger partial charge >= 0.3 is 6.01 Å². The Labute approximate surface area is 128 Å². The Bertz CT molecular complexity index is 800. The third kappa shape index (κ3) is 2.91. The minimum atomic E-state index is -0.385. The number of carbonyl (C=O) groups excluding carboxylic acids is 1. The van der Waals surface area contributed by atoms with Crippen LogP contribution in [0.15, 0.2) is 28.7 Å². The number of anilines is 1. The summed E-state index contributed by atoms with van der Waals surface area (Å²) in [4.78, 5) is 12.4. The van der Waals surface area contributed by atoms with Gasteiger partial charge in [0.25, 0.3) is 5.91 Å². The Hall–Kier alpha value is -2.32. The lowest BCUT2D eigenvalue weighted by Crippen LogP contribution is -2.11. The highest BCUT2D eigenvalue weighted by Crippen LogP contribution is 2.23. The summed E-state index contributed by atoms with van der Waals surface area (Å²) >= 11 is 6.90. The zero-order valence-electron chi connectivity index (χ0n) is 10.7. The highest BCUT2D eigenvalue weighted by molar-refractivity contribution is 7.08. The molecule has 0 aliphatic rings. The van der Waals surface area contributed by atoms with Crippen molar-refractivity contribution in [3.63, 3.8) is 0 Å². The molecule has 0 atom stereocenters. The molecule has 0 saturated carbocycles. The fraction of sp³-hybridized carbons (Fsp3) is 0.0833. The van der Waals surface area contributed by atoms with E-state index in [4.69, 9.17) is 16.0 Å². The average Bonchev–Trinajstić information content (AvgIpc) is 3.08. The van der Waals surface area contributed by atoms with Gasteiger partial charge in [0.15, 0.2) is 0 Å². The third-order valence-corrected chi connectivity index (χ3v) is 3.64. The Morgan fingerprint density at radius 2 is 2.19 bits per heavy atom. The van der Waals surface area contributed by atoms with Crippen molar-refractivity contribution in [2.75, 3.05) is 5.32 Å². The number of benzene rings is 1. The van der Waals surface area contributed by atoms with Gasteiger partial charge in [0.1, 0.15) is 4.88 Å². The summed E-state index contributed by atoms with van der Waals surface area (Å²) in [7, 11) is 0. The van der Waals surface area contributed by atoms with E-state index < -0.39 is 0 Å². The molecule has 106 valence electrons. The first-order chi connectivity index (χ1) is 10.1. The van der Waals surface area contributed by atoms with Gasteiger partial charge in [0.2, 0.25) is 5.89 Å². The summed E-state index contributed by atoms with van der Waals surface area (Å²) < 4.78 is 9.08. The van der Waals surface area contributed by atoms with E-state index in [1.54, 1.807) is 31.2 Å². The number of aryl methyl sites for hydroxylation is 1. The van der Waals surface area contributed by atoms with Crippen LogP contribution in [0.2, 0.25) is 5.02 Å². The molecule has 2 aromatic heterocycles. The Morgan fingerprint density at radius 3 is 2.90 bits per heavy atom. The molecule has 3 aromatic rings. The van der Waals surface area contributed by atoms with Crippen LogP contribution < -0.4 is 5.32 Å². The number of nitrogens with one attached hydrogen (secondary N) is 1. The summed E-state index contributed by atoms with van der Waals surface area (Å²) in [5.74, 6) is -0.115. The lowest BCUT2D eigenvalue weighted by atomic mass is 10.2. The molecule has 1 aromatic carbocycles. The molecule has 21 heavy (non-hydrogen) atoms. The van der Waals surface area contributed by atoms with E-state index in [2.05, 4.69) is 25.1 Å². The van der Waals surface area contributed by atoms with Gasteiger partial charge in [-0.3, -0.25) is 10.1 Å². The molecule has 0 spiro atoms. The van der Waals surface area contributed by atoms with Crippen molar-refractivity contribution < 1.29 is 9.21 Å². The molecule has 0 saturated heterocycles. The van der Waals surface area contributed by atoms with Crippen molar-refractivity contribution in [1.82, 2.24) is 19.8 Å². The second-order valence-corrected chi connectivity index (χ2v) is 5.25. The molecule has 0 unspecified atom stereocenters. The van der Waals surface area contributed by atoms with Gasteiger partial charge in [-0.25, -0.2) is 0 Å². The van der Waals surface area contributed by atoms with Crippen molar-refractivity contribution >= 4 is 35.1 Å². The monoisotopic (exact) mass is 321 g/mol. The first-order valence-corrected chi connectivity index (χ1v) is 6.98. The Kier molecular flexibility index (Phi) is 3.63. The first kappa shape index (κ1) is 13.7. The molecule has 1 amide bonds. The minimum Gasteiger partial charge on any atom is -0.403 e. The van der Waals surface area contributed by atoms with Crippen LogP contribution in [0, 0.1) is 6.92 Å². The maximum absolute atomic E-state index is 12.0. The summed E-state index contributed by atoms with van der Waals surface area (Å²) in [6.07, 6.45) is 0. The number of halogens is 1. The fourth-order valence-electron chi connectivity index (χ4n) is 1.61. The molecule has 1 N–H and O–H groups in total. The van der Waals surface area contributed by atoms with E-state index in [0.717, 1.165) is 11.5 Å².